The van der Waals surface area contributed by atoms with E-state index < -0.39 is 11.7 Å². The van der Waals surface area contributed by atoms with E-state index in [9.17, 15) is 10.2 Å². The minimum Gasteiger partial charge on any atom is -0.385 e. The van der Waals surface area contributed by atoms with E-state index in [1.165, 1.54) is 0 Å². The molecule has 1 fully saturated rings. The maximum absolute atomic E-state index is 11.7. The quantitative estimate of drug-likeness (QED) is 0.275. The Balaban J connectivity index is 1.34. The van der Waals surface area contributed by atoms with Crippen LogP contribution in [0, 0.1) is 0 Å². The van der Waals surface area contributed by atoms with Crippen LogP contribution in [0.1, 0.15) is 48.2 Å². The molecule has 3 aromatic carbocycles. The SMILES string of the molecule is OC(c1nccn1-c1ccccc1)C(CCN1CCC(O)(c2ccccc2)CC1)c1ccc(Cl)c(Cl)c1. The molecular weight excluding hydrogens is 505 g/mol. The Bertz CT molecular complexity index is 1300. The summed E-state index contributed by atoms with van der Waals surface area (Å²) in [5.74, 6) is 0.342. The van der Waals surface area contributed by atoms with Gasteiger partial charge in [0.25, 0.3) is 0 Å². The van der Waals surface area contributed by atoms with Crippen LogP contribution in [0.15, 0.2) is 91.3 Å². The van der Waals surface area contributed by atoms with Gasteiger partial charge in [-0.3, -0.25) is 0 Å². The van der Waals surface area contributed by atoms with Crippen molar-refractivity contribution in [2.75, 3.05) is 19.6 Å². The number of hydrogen-bond acceptors (Lipinski definition) is 4. The highest BCUT2D eigenvalue weighted by Gasteiger charge is 2.34. The lowest BCUT2D eigenvalue weighted by Gasteiger charge is -2.39. The van der Waals surface area contributed by atoms with Crippen molar-refractivity contribution in [1.82, 2.24) is 14.5 Å². The molecule has 2 N–H and O–H groups in total. The Morgan fingerprint density at radius 1 is 0.892 bits per heavy atom. The molecule has 1 aliphatic rings. The van der Waals surface area contributed by atoms with Gasteiger partial charge >= 0.3 is 0 Å². The third-order valence-electron chi connectivity index (χ3n) is 7.47. The fourth-order valence-corrected chi connectivity index (χ4v) is 5.58. The molecule has 1 aromatic heterocycles. The molecule has 2 atom stereocenters. The standard InChI is InChI=1S/C30H31Cl2N3O2/c31-26-12-11-22(21-27(26)32)25(28(36)29-33-16-20-35(29)24-9-5-2-6-10-24)13-17-34-18-14-30(37,15-19-34)23-7-3-1-4-8-23/h1-12,16,20-21,25,28,36-37H,13-15,17-19H2. The van der Waals surface area contributed by atoms with Crippen LogP contribution in [0.4, 0.5) is 0 Å². The molecule has 4 aromatic rings. The summed E-state index contributed by atoms with van der Waals surface area (Å²) in [5, 5.41) is 23.8. The number of nitrogens with zero attached hydrogens (tertiary/aromatic N) is 3. The Morgan fingerprint density at radius 2 is 1.57 bits per heavy atom. The Labute approximate surface area is 227 Å². The summed E-state index contributed by atoms with van der Waals surface area (Å²) in [6.07, 6.45) is 4.79. The van der Waals surface area contributed by atoms with Crippen LogP contribution in [0.3, 0.4) is 0 Å². The monoisotopic (exact) mass is 535 g/mol. The lowest BCUT2D eigenvalue weighted by molar-refractivity contribution is -0.0272. The van der Waals surface area contributed by atoms with Gasteiger partial charge < -0.3 is 19.7 Å². The van der Waals surface area contributed by atoms with Crippen molar-refractivity contribution in [2.45, 2.75) is 36.9 Å². The summed E-state index contributed by atoms with van der Waals surface area (Å²) in [6.45, 7) is 2.35. The third kappa shape index (κ3) is 5.77. The summed E-state index contributed by atoms with van der Waals surface area (Å²) in [5.41, 5.74) is 2.05. The molecule has 5 nitrogen and oxygen atoms in total. The molecule has 0 aliphatic carbocycles. The number of para-hydroxylation sites is 1. The van der Waals surface area contributed by atoms with Crippen molar-refractivity contribution in [1.29, 1.82) is 0 Å². The van der Waals surface area contributed by atoms with Gasteiger partial charge in [-0.15, -0.1) is 0 Å². The highest BCUT2D eigenvalue weighted by atomic mass is 35.5. The first-order chi connectivity index (χ1) is 17.9. The zero-order valence-electron chi connectivity index (χ0n) is 20.5. The second kappa shape index (κ2) is 11.4. The van der Waals surface area contributed by atoms with E-state index in [0.717, 1.165) is 36.4 Å². The summed E-state index contributed by atoms with van der Waals surface area (Å²) < 4.78 is 1.93. The highest BCUT2D eigenvalue weighted by Crippen LogP contribution is 2.38. The highest BCUT2D eigenvalue weighted by molar-refractivity contribution is 6.42. The molecule has 1 saturated heterocycles. The first kappa shape index (κ1) is 26.0. The minimum absolute atomic E-state index is 0.241. The zero-order chi connectivity index (χ0) is 25.8. The predicted octanol–water partition coefficient (Wildman–Crippen LogP) is 6.37. The van der Waals surface area contributed by atoms with Crippen molar-refractivity contribution < 1.29 is 10.2 Å². The van der Waals surface area contributed by atoms with Crippen molar-refractivity contribution in [3.63, 3.8) is 0 Å². The average Bonchev–Trinajstić information content (AvgIpc) is 3.43. The van der Waals surface area contributed by atoms with Gasteiger partial charge in [0.1, 0.15) is 11.9 Å². The van der Waals surface area contributed by atoms with Crippen molar-refractivity contribution in [3.8, 4) is 5.69 Å². The van der Waals surface area contributed by atoms with Crippen LogP contribution in [-0.4, -0.2) is 44.3 Å². The number of piperidine rings is 1. The number of benzene rings is 3. The number of likely N-dealkylation sites (tertiary alicyclic amines) is 1. The smallest absolute Gasteiger partial charge is 0.142 e. The molecule has 0 amide bonds. The zero-order valence-corrected chi connectivity index (χ0v) is 22.1. The number of rotatable bonds is 8. The molecule has 1 aliphatic heterocycles. The number of aliphatic hydroxyl groups excluding tert-OH is 1. The molecule has 0 spiro atoms. The van der Waals surface area contributed by atoms with Crippen molar-refractivity contribution >= 4 is 23.2 Å². The van der Waals surface area contributed by atoms with E-state index in [-0.39, 0.29) is 5.92 Å². The van der Waals surface area contributed by atoms with Gasteiger partial charge in [0.15, 0.2) is 0 Å². The normalized spacial score (nSPS) is 17.4. The number of aromatic nitrogens is 2. The maximum atomic E-state index is 11.7. The number of hydrogen-bond donors (Lipinski definition) is 2. The second-order valence-corrected chi connectivity index (χ2v) is 10.6. The van der Waals surface area contributed by atoms with E-state index in [2.05, 4.69) is 9.88 Å². The Morgan fingerprint density at radius 3 is 2.24 bits per heavy atom. The Kier molecular flexibility index (Phi) is 7.98. The summed E-state index contributed by atoms with van der Waals surface area (Å²) >= 11 is 12.6. The number of imidazole rings is 1. The van der Waals surface area contributed by atoms with Gasteiger partial charge in [0.2, 0.25) is 0 Å². The molecule has 37 heavy (non-hydrogen) atoms. The molecular formula is C30H31Cl2N3O2. The number of aliphatic hydroxyl groups is 2. The van der Waals surface area contributed by atoms with E-state index in [1.54, 1.807) is 12.3 Å². The van der Waals surface area contributed by atoms with Crippen LogP contribution in [0.5, 0.6) is 0 Å². The lowest BCUT2D eigenvalue weighted by Crippen LogP contribution is -2.43. The summed E-state index contributed by atoms with van der Waals surface area (Å²) in [6, 6.07) is 25.4. The van der Waals surface area contributed by atoms with Gasteiger partial charge in [0.05, 0.1) is 15.6 Å². The lowest BCUT2D eigenvalue weighted by atomic mass is 9.84. The largest absolute Gasteiger partial charge is 0.385 e. The van der Waals surface area contributed by atoms with Gasteiger partial charge in [-0.2, -0.15) is 0 Å². The number of halogens is 2. The maximum Gasteiger partial charge on any atom is 0.142 e. The Hall–Kier alpha value is -2.67. The van der Waals surface area contributed by atoms with Crippen LogP contribution in [0.2, 0.25) is 10.0 Å². The van der Waals surface area contributed by atoms with E-state index >= 15 is 0 Å². The molecule has 2 unspecified atom stereocenters. The molecule has 2 heterocycles. The molecule has 0 saturated carbocycles. The first-order valence-corrected chi connectivity index (χ1v) is 13.4. The molecule has 0 radical (unpaired) electrons. The van der Waals surface area contributed by atoms with E-state index in [4.69, 9.17) is 23.2 Å². The van der Waals surface area contributed by atoms with Crippen molar-refractivity contribution in [3.05, 3.63) is 118 Å². The van der Waals surface area contributed by atoms with E-state index in [1.807, 2.05) is 83.6 Å². The fourth-order valence-electron chi connectivity index (χ4n) is 5.28. The van der Waals surface area contributed by atoms with Gasteiger partial charge in [-0.05, 0) is 61.2 Å². The van der Waals surface area contributed by atoms with Gasteiger partial charge in [-0.25, -0.2) is 4.98 Å². The topological polar surface area (TPSA) is 61.5 Å². The summed E-state index contributed by atoms with van der Waals surface area (Å²) in [7, 11) is 0. The third-order valence-corrected chi connectivity index (χ3v) is 8.21. The van der Waals surface area contributed by atoms with Gasteiger partial charge in [0, 0.05) is 37.1 Å². The van der Waals surface area contributed by atoms with Crippen molar-refractivity contribution in [2.24, 2.45) is 0 Å². The molecule has 192 valence electrons. The summed E-state index contributed by atoms with van der Waals surface area (Å²) in [4.78, 5) is 6.89. The minimum atomic E-state index is -0.849. The van der Waals surface area contributed by atoms with E-state index in [0.29, 0.717) is 35.1 Å². The predicted molar refractivity (Wildman–Crippen MR) is 148 cm³/mol. The fraction of sp³-hybridized carbons (Fsp3) is 0.300. The average molecular weight is 537 g/mol. The molecule has 7 heteroatoms. The molecule has 0 bridgehead atoms. The van der Waals surface area contributed by atoms with Crippen LogP contribution in [0.25, 0.3) is 5.69 Å². The first-order valence-electron chi connectivity index (χ1n) is 12.7. The second-order valence-electron chi connectivity index (χ2n) is 9.74. The van der Waals surface area contributed by atoms with Gasteiger partial charge in [-0.1, -0.05) is 77.8 Å². The van der Waals surface area contributed by atoms with Crippen LogP contribution < -0.4 is 0 Å². The van der Waals surface area contributed by atoms with Crippen LogP contribution in [-0.2, 0) is 5.60 Å². The molecule has 5 rings (SSSR count). The van der Waals surface area contributed by atoms with Crippen LogP contribution >= 0.6 is 23.2 Å².